The monoisotopic (exact) mass is 275 g/mol. The van der Waals surface area contributed by atoms with E-state index in [1.165, 1.54) is 5.56 Å². The van der Waals surface area contributed by atoms with Crippen LogP contribution in [-0.2, 0) is 11.2 Å². The Hall–Kier alpha value is -1.39. The molecule has 110 valence electrons. The summed E-state index contributed by atoms with van der Waals surface area (Å²) in [7, 11) is 2.14. The molecule has 0 atom stereocenters. The van der Waals surface area contributed by atoms with Gasteiger partial charge >= 0.3 is 0 Å². The number of hydrogen-bond donors (Lipinski definition) is 1. The second-order valence-corrected chi connectivity index (χ2v) is 5.49. The molecule has 1 heterocycles. The van der Waals surface area contributed by atoms with Crippen LogP contribution in [0.15, 0.2) is 24.3 Å². The van der Waals surface area contributed by atoms with Gasteiger partial charge in [0.25, 0.3) is 0 Å². The van der Waals surface area contributed by atoms with E-state index in [-0.39, 0.29) is 5.91 Å². The lowest BCUT2D eigenvalue weighted by molar-refractivity contribution is -0.116. The molecular formula is C16H25N3O. The Balaban J connectivity index is 1.72. The SMILES string of the molecule is CCc1ccc(NC(=O)CCN2CCN(C)CC2)cc1. The third-order valence-corrected chi connectivity index (χ3v) is 3.90. The van der Waals surface area contributed by atoms with Crippen molar-refractivity contribution in [2.24, 2.45) is 0 Å². The number of carbonyl (C=O) groups is 1. The van der Waals surface area contributed by atoms with Gasteiger partial charge in [0.1, 0.15) is 0 Å². The Morgan fingerprint density at radius 1 is 1.15 bits per heavy atom. The summed E-state index contributed by atoms with van der Waals surface area (Å²) in [5.41, 5.74) is 2.19. The topological polar surface area (TPSA) is 35.6 Å². The van der Waals surface area contributed by atoms with E-state index in [4.69, 9.17) is 0 Å². The van der Waals surface area contributed by atoms with Gasteiger partial charge in [0, 0.05) is 44.8 Å². The van der Waals surface area contributed by atoms with Crippen LogP contribution in [0.1, 0.15) is 18.9 Å². The highest BCUT2D eigenvalue weighted by Crippen LogP contribution is 2.10. The fourth-order valence-electron chi connectivity index (χ4n) is 2.38. The highest BCUT2D eigenvalue weighted by Gasteiger charge is 2.14. The molecule has 1 aliphatic heterocycles. The fraction of sp³-hybridized carbons (Fsp3) is 0.562. The van der Waals surface area contributed by atoms with Gasteiger partial charge < -0.3 is 15.1 Å². The lowest BCUT2D eigenvalue weighted by Gasteiger charge is -2.32. The van der Waals surface area contributed by atoms with Crippen molar-refractivity contribution in [2.75, 3.05) is 45.1 Å². The van der Waals surface area contributed by atoms with E-state index in [1.54, 1.807) is 0 Å². The number of hydrogen-bond acceptors (Lipinski definition) is 3. The first-order valence-corrected chi connectivity index (χ1v) is 7.47. The average Bonchev–Trinajstić information content (AvgIpc) is 2.47. The van der Waals surface area contributed by atoms with Crippen LogP contribution in [0.25, 0.3) is 0 Å². The zero-order valence-electron chi connectivity index (χ0n) is 12.6. The van der Waals surface area contributed by atoms with Crippen LogP contribution < -0.4 is 5.32 Å². The summed E-state index contributed by atoms with van der Waals surface area (Å²) < 4.78 is 0. The molecule has 0 spiro atoms. The van der Waals surface area contributed by atoms with Crippen LogP contribution in [0.5, 0.6) is 0 Å². The molecular weight excluding hydrogens is 250 g/mol. The highest BCUT2D eigenvalue weighted by molar-refractivity contribution is 5.90. The number of piperazine rings is 1. The van der Waals surface area contributed by atoms with Crippen molar-refractivity contribution < 1.29 is 4.79 Å². The Labute approximate surface area is 121 Å². The minimum Gasteiger partial charge on any atom is -0.326 e. The quantitative estimate of drug-likeness (QED) is 0.890. The number of carbonyl (C=O) groups excluding carboxylic acids is 1. The Morgan fingerprint density at radius 2 is 1.80 bits per heavy atom. The molecule has 1 saturated heterocycles. The van der Waals surface area contributed by atoms with E-state index in [2.05, 4.69) is 41.2 Å². The fourth-order valence-corrected chi connectivity index (χ4v) is 2.38. The standard InChI is InChI=1S/C16H25N3O/c1-3-14-4-6-15(7-5-14)17-16(20)8-9-19-12-10-18(2)11-13-19/h4-7H,3,8-13H2,1-2H3,(H,17,20). The second kappa shape index (κ2) is 7.41. The molecule has 0 saturated carbocycles. The molecule has 0 aliphatic carbocycles. The number of nitrogens with one attached hydrogen (secondary N) is 1. The van der Waals surface area contributed by atoms with Crippen molar-refractivity contribution in [3.63, 3.8) is 0 Å². The molecule has 1 fully saturated rings. The number of anilines is 1. The molecule has 2 rings (SSSR count). The van der Waals surface area contributed by atoms with E-state index in [9.17, 15) is 4.79 Å². The van der Waals surface area contributed by atoms with Gasteiger partial charge in [0.2, 0.25) is 5.91 Å². The number of benzene rings is 1. The molecule has 1 aliphatic rings. The minimum atomic E-state index is 0.105. The first kappa shape index (κ1) is 15.0. The average molecular weight is 275 g/mol. The van der Waals surface area contributed by atoms with Gasteiger partial charge in [-0.2, -0.15) is 0 Å². The van der Waals surface area contributed by atoms with Crippen LogP contribution in [0.2, 0.25) is 0 Å². The lowest BCUT2D eigenvalue weighted by atomic mass is 10.1. The summed E-state index contributed by atoms with van der Waals surface area (Å²) in [4.78, 5) is 16.6. The predicted molar refractivity (Wildman–Crippen MR) is 83.0 cm³/mol. The summed E-state index contributed by atoms with van der Waals surface area (Å²) in [5, 5.41) is 2.97. The van der Waals surface area contributed by atoms with E-state index in [0.29, 0.717) is 6.42 Å². The van der Waals surface area contributed by atoms with Crippen LogP contribution in [0.4, 0.5) is 5.69 Å². The number of likely N-dealkylation sites (N-methyl/N-ethyl adjacent to an activating group) is 1. The molecule has 0 radical (unpaired) electrons. The zero-order valence-corrected chi connectivity index (χ0v) is 12.6. The van der Waals surface area contributed by atoms with E-state index < -0.39 is 0 Å². The normalized spacial score (nSPS) is 17.1. The summed E-state index contributed by atoms with van der Waals surface area (Å²) >= 11 is 0. The Bertz CT molecular complexity index is 422. The van der Waals surface area contributed by atoms with Gasteiger partial charge in [-0.25, -0.2) is 0 Å². The second-order valence-electron chi connectivity index (χ2n) is 5.49. The van der Waals surface area contributed by atoms with Gasteiger partial charge in [-0.3, -0.25) is 4.79 Å². The lowest BCUT2D eigenvalue weighted by Crippen LogP contribution is -2.45. The molecule has 4 nitrogen and oxygen atoms in total. The van der Waals surface area contributed by atoms with Crippen molar-refractivity contribution in [3.8, 4) is 0 Å². The number of nitrogens with zero attached hydrogens (tertiary/aromatic N) is 2. The number of amides is 1. The molecule has 1 N–H and O–H groups in total. The first-order chi connectivity index (χ1) is 9.67. The van der Waals surface area contributed by atoms with Crippen LogP contribution in [0, 0.1) is 0 Å². The summed E-state index contributed by atoms with van der Waals surface area (Å²) in [5.74, 6) is 0.105. The van der Waals surface area contributed by atoms with Crippen LogP contribution >= 0.6 is 0 Å². The smallest absolute Gasteiger partial charge is 0.225 e. The van der Waals surface area contributed by atoms with Gasteiger partial charge in [0.15, 0.2) is 0 Å². The third-order valence-electron chi connectivity index (χ3n) is 3.90. The van der Waals surface area contributed by atoms with Crippen molar-refractivity contribution in [3.05, 3.63) is 29.8 Å². The summed E-state index contributed by atoms with van der Waals surface area (Å²) in [6.07, 6.45) is 1.59. The van der Waals surface area contributed by atoms with Crippen LogP contribution in [0.3, 0.4) is 0 Å². The molecule has 0 aromatic heterocycles. The van der Waals surface area contributed by atoms with Gasteiger partial charge in [0.05, 0.1) is 0 Å². The number of rotatable bonds is 5. The van der Waals surface area contributed by atoms with Gasteiger partial charge in [-0.1, -0.05) is 19.1 Å². The summed E-state index contributed by atoms with van der Waals surface area (Å²) in [6, 6.07) is 8.09. The molecule has 0 bridgehead atoms. The zero-order chi connectivity index (χ0) is 14.4. The predicted octanol–water partition coefficient (Wildman–Crippen LogP) is 1.82. The Morgan fingerprint density at radius 3 is 2.40 bits per heavy atom. The Kier molecular flexibility index (Phi) is 5.56. The first-order valence-electron chi connectivity index (χ1n) is 7.47. The maximum atomic E-state index is 11.9. The molecule has 1 aromatic rings. The maximum Gasteiger partial charge on any atom is 0.225 e. The third kappa shape index (κ3) is 4.62. The van der Waals surface area contributed by atoms with Crippen molar-refractivity contribution in [1.82, 2.24) is 9.80 Å². The largest absolute Gasteiger partial charge is 0.326 e. The van der Waals surface area contributed by atoms with Crippen molar-refractivity contribution >= 4 is 11.6 Å². The molecule has 1 amide bonds. The van der Waals surface area contributed by atoms with Gasteiger partial charge in [-0.05, 0) is 31.2 Å². The van der Waals surface area contributed by atoms with Crippen molar-refractivity contribution in [1.29, 1.82) is 0 Å². The molecule has 0 unspecified atom stereocenters. The minimum absolute atomic E-state index is 0.105. The van der Waals surface area contributed by atoms with E-state index in [0.717, 1.165) is 44.8 Å². The van der Waals surface area contributed by atoms with Gasteiger partial charge in [-0.15, -0.1) is 0 Å². The van der Waals surface area contributed by atoms with E-state index >= 15 is 0 Å². The molecule has 20 heavy (non-hydrogen) atoms. The summed E-state index contributed by atoms with van der Waals surface area (Å²) in [6.45, 7) is 7.31. The highest BCUT2D eigenvalue weighted by atomic mass is 16.1. The number of aryl methyl sites for hydroxylation is 1. The van der Waals surface area contributed by atoms with Crippen molar-refractivity contribution in [2.45, 2.75) is 19.8 Å². The maximum absolute atomic E-state index is 11.9. The molecule has 1 aromatic carbocycles. The van der Waals surface area contributed by atoms with E-state index in [1.807, 2.05) is 12.1 Å². The molecule has 4 heteroatoms. The van der Waals surface area contributed by atoms with Crippen LogP contribution in [-0.4, -0.2) is 55.5 Å².